The van der Waals surface area contributed by atoms with Gasteiger partial charge in [-0.2, -0.15) is 10.2 Å². The van der Waals surface area contributed by atoms with Crippen LogP contribution in [0.4, 0.5) is 26.0 Å². The van der Waals surface area contributed by atoms with Gasteiger partial charge in [-0.3, -0.25) is 38.9 Å². The number of hydrogen-bond acceptors (Lipinski definition) is 12. The van der Waals surface area contributed by atoms with E-state index in [4.69, 9.17) is 4.74 Å². The molecule has 3 aromatic heterocycles. The number of aromatic nitrogens is 5. The number of rotatable bonds is 12. The molecule has 2 saturated heterocycles. The first kappa shape index (κ1) is 41.5. The number of carbonyl (C=O) groups is 5. The molecule has 1 unspecified atom stereocenters. The third-order valence-corrected chi connectivity index (χ3v) is 13.4. The van der Waals surface area contributed by atoms with Gasteiger partial charge in [0, 0.05) is 56.7 Å². The molecule has 2 saturated carbocycles. The van der Waals surface area contributed by atoms with E-state index in [1.165, 1.54) is 16.9 Å². The largest absolute Gasteiger partial charge is 0.384 e. The summed E-state index contributed by atoms with van der Waals surface area (Å²) in [5.41, 5.74) is 1.14. The lowest BCUT2D eigenvalue weighted by molar-refractivity contribution is -0.136. The molecule has 1 atom stereocenters. The van der Waals surface area contributed by atoms with Crippen molar-refractivity contribution in [1.29, 1.82) is 0 Å². The summed E-state index contributed by atoms with van der Waals surface area (Å²) in [6.07, 6.45) is 9.48. The fourth-order valence-corrected chi connectivity index (χ4v) is 9.88. The molecular formula is C43H51F2N11O6. The zero-order valence-electron chi connectivity index (χ0n) is 34.6. The molecule has 5 aliphatic rings. The quantitative estimate of drug-likeness (QED) is 0.167. The van der Waals surface area contributed by atoms with Gasteiger partial charge >= 0.3 is 0 Å². The van der Waals surface area contributed by atoms with E-state index in [9.17, 15) is 32.8 Å². The van der Waals surface area contributed by atoms with Crippen LogP contribution in [-0.2, 0) is 14.3 Å². The van der Waals surface area contributed by atoms with Crippen molar-refractivity contribution in [2.45, 2.75) is 88.8 Å². The number of amides is 5. The second kappa shape index (κ2) is 17.5. The summed E-state index contributed by atoms with van der Waals surface area (Å²) in [5, 5.41) is 16.9. The molecule has 0 radical (unpaired) electrons. The Morgan fingerprint density at radius 2 is 1.71 bits per heavy atom. The number of imide groups is 2. The van der Waals surface area contributed by atoms with E-state index in [0.717, 1.165) is 62.8 Å². The van der Waals surface area contributed by atoms with Crippen molar-refractivity contribution in [3.63, 3.8) is 0 Å². The van der Waals surface area contributed by atoms with Crippen LogP contribution >= 0.6 is 0 Å². The number of halogens is 2. The van der Waals surface area contributed by atoms with Gasteiger partial charge in [0.1, 0.15) is 17.4 Å². The first-order valence-corrected chi connectivity index (χ1v) is 21.7. The number of piperidine rings is 1. The number of ether oxygens (including phenoxy) is 1. The maximum absolute atomic E-state index is 14.3. The third-order valence-electron chi connectivity index (χ3n) is 13.4. The summed E-state index contributed by atoms with van der Waals surface area (Å²) in [4.78, 5) is 74.6. The number of carbonyl (C=O) groups excluding carboxylic acids is 5. The van der Waals surface area contributed by atoms with Crippen LogP contribution in [0.2, 0.25) is 0 Å². The number of nitrogens with zero attached hydrogens (tertiary/aromatic N) is 8. The van der Waals surface area contributed by atoms with Gasteiger partial charge in [-0.25, -0.2) is 18.3 Å². The van der Waals surface area contributed by atoms with Crippen molar-refractivity contribution >= 4 is 52.4 Å². The lowest BCUT2D eigenvalue weighted by Crippen LogP contribution is -2.54. The van der Waals surface area contributed by atoms with E-state index < -0.39 is 47.7 Å². The zero-order valence-corrected chi connectivity index (χ0v) is 34.6. The molecule has 1 aromatic carbocycles. The minimum absolute atomic E-state index is 0.0194. The Hall–Kier alpha value is -5.82. The molecule has 62 heavy (non-hydrogen) atoms. The molecule has 2 aliphatic carbocycles. The summed E-state index contributed by atoms with van der Waals surface area (Å²) in [5.74, 6) is -1.12. The molecule has 3 aliphatic heterocycles. The molecule has 17 nitrogen and oxygen atoms in total. The highest BCUT2D eigenvalue weighted by Gasteiger charge is 2.45. The monoisotopic (exact) mass is 855 g/mol. The maximum atomic E-state index is 14.3. The Balaban J connectivity index is 0.748. The lowest BCUT2D eigenvalue weighted by atomic mass is 9.83. The first-order valence-electron chi connectivity index (χ1n) is 21.7. The highest BCUT2D eigenvalue weighted by Crippen LogP contribution is 2.37. The van der Waals surface area contributed by atoms with Crippen molar-refractivity contribution < 1.29 is 37.5 Å². The SMILES string of the molecule is CN(C[C@H]1CC[C@H](n2cc(NC(=O)c3cnn4ccc(N5CCOCC5)nc34)c(C(F)F)n2)CC1)[C@H]1CC[C@H](CNc2cccc3c2C(=O)N(C2CCC(=O)NC2=O)C3=O)CC1. The molecule has 4 fully saturated rings. The average molecular weight is 856 g/mol. The molecule has 3 N–H and O–H groups in total. The Labute approximate surface area is 356 Å². The average Bonchev–Trinajstić information content (AvgIpc) is 3.98. The predicted molar refractivity (Wildman–Crippen MR) is 222 cm³/mol. The van der Waals surface area contributed by atoms with E-state index in [-0.39, 0.29) is 41.3 Å². The van der Waals surface area contributed by atoms with Crippen LogP contribution in [0.5, 0.6) is 0 Å². The van der Waals surface area contributed by atoms with Crippen molar-refractivity contribution in [3.8, 4) is 0 Å². The second-order valence-corrected chi connectivity index (χ2v) is 17.2. The van der Waals surface area contributed by atoms with Gasteiger partial charge in [0.2, 0.25) is 11.8 Å². The van der Waals surface area contributed by atoms with Gasteiger partial charge < -0.3 is 25.2 Å². The first-order chi connectivity index (χ1) is 30.0. The van der Waals surface area contributed by atoms with E-state index >= 15 is 0 Å². The summed E-state index contributed by atoms with van der Waals surface area (Å²) < 4.78 is 37.1. The molecule has 0 bridgehead atoms. The van der Waals surface area contributed by atoms with Gasteiger partial charge in [0.15, 0.2) is 11.3 Å². The van der Waals surface area contributed by atoms with Crippen molar-refractivity contribution in [2.24, 2.45) is 11.8 Å². The van der Waals surface area contributed by atoms with Gasteiger partial charge in [-0.15, -0.1) is 0 Å². The molecular weight excluding hydrogens is 805 g/mol. The molecule has 6 heterocycles. The van der Waals surface area contributed by atoms with Crippen LogP contribution < -0.4 is 20.9 Å². The molecule has 4 aromatic rings. The van der Waals surface area contributed by atoms with Gasteiger partial charge in [0.05, 0.1) is 42.3 Å². The van der Waals surface area contributed by atoms with E-state index in [1.54, 1.807) is 29.1 Å². The summed E-state index contributed by atoms with van der Waals surface area (Å²) in [6.45, 7) is 4.09. The van der Waals surface area contributed by atoms with Gasteiger partial charge in [-0.05, 0) is 94.9 Å². The van der Waals surface area contributed by atoms with Crippen LogP contribution in [0.15, 0.2) is 42.9 Å². The lowest BCUT2D eigenvalue weighted by Gasteiger charge is -2.38. The number of hydrogen-bond donors (Lipinski definition) is 3. The summed E-state index contributed by atoms with van der Waals surface area (Å²) >= 11 is 0. The van der Waals surface area contributed by atoms with Crippen LogP contribution in [0.25, 0.3) is 5.65 Å². The Kier molecular flexibility index (Phi) is 11.7. The maximum Gasteiger partial charge on any atom is 0.284 e. The second-order valence-electron chi connectivity index (χ2n) is 17.2. The zero-order chi connectivity index (χ0) is 43.1. The fourth-order valence-electron chi connectivity index (χ4n) is 9.88. The van der Waals surface area contributed by atoms with E-state index in [1.807, 2.05) is 6.07 Å². The minimum Gasteiger partial charge on any atom is -0.384 e. The van der Waals surface area contributed by atoms with Crippen molar-refractivity contribution in [2.75, 3.05) is 62.0 Å². The number of benzene rings is 1. The Morgan fingerprint density at radius 3 is 2.45 bits per heavy atom. The number of nitrogens with one attached hydrogen (secondary N) is 3. The minimum atomic E-state index is -2.87. The highest BCUT2D eigenvalue weighted by atomic mass is 19.3. The smallest absolute Gasteiger partial charge is 0.284 e. The molecule has 0 spiro atoms. The molecule has 328 valence electrons. The van der Waals surface area contributed by atoms with Gasteiger partial charge in [-0.1, -0.05) is 6.07 Å². The Bertz CT molecular complexity index is 2360. The topological polar surface area (TPSA) is 188 Å². The van der Waals surface area contributed by atoms with Crippen LogP contribution in [0.1, 0.15) is 113 Å². The summed E-state index contributed by atoms with van der Waals surface area (Å²) in [7, 11) is 2.18. The standard InChI is InChI=1S/C43H51F2N11O6/c1-52(27-9-5-25(6-10-27)21-46-31-4-2-3-29-36(31)43(61)56(42(29)60)33-13-14-35(57)50-41(33)59)23-26-7-11-28(12-8-26)55-24-32(37(51-55)38(44)45)48-40(58)30-22-47-54-16-15-34(49-39(30)54)53-17-19-62-20-18-53/h2-4,15-16,22,24-28,33,38,46H,5-14,17-21,23H2,1H3,(H,48,58)(H,50,57,59)/t25-,26-,27-,28-,33?. The van der Waals surface area contributed by atoms with Crippen molar-refractivity contribution in [3.05, 3.63) is 65.2 Å². The number of alkyl halides is 2. The number of fused-ring (bicyclic) bond motifs is 2. The van der Waals surface area contributed by atoms with E-state index in [2.05, 4.69) is 48.0 Å². The van der Waals surface area contributed by atoms with Crippen LogP contribution in [0.3, 0.4) is 0 Å². The van der Waals surface area contributed by atoms with Gasteiger partial charge in [0.25, 0.3) is 24.1 Å². The van der Waals surface area contributed by atoms with E-state index in [0.29, 0.717) is 67.9 Å². The normalized spacial score (nSPS) is 24.6. The predicted octanol–water partition coefficient (Wildman–Crippen LogP) is 4.69. The molecule has 19 heteroatoms. The van der Waals surface area contributed by atoms with Crippen LogP contribution in [-0.4, -0.2) is 122 Å². The highest BCUT2D eigenvalue weighted by molar-refractivity contribution is 6.25. The van der Waals surface area contributed by atoms with Crippen LogP contribution in [0, 0.1) is 11.8 Å². The Morgan fingerprint density at radius 1 is 0.952 bits per heavy atom. The third kappa shape index (κ3) is 8.26. The molecule has 9 rings (SSSR count). The summed E-state index contributed by atoms with van der Waals surface area (Å²) in [6, 6.07) is 6.32. The molecule has 5 amide bonds. The fraction of sp³-hybridized carbons (Fsp3) is 0.535. The van der Waals surface area contributed by atoms with Crippen molar-refractivity contribution in [1.82, 2.24) is 39.5 Å². The number of anilines is 3. The number of morpholine rings is 1.